The van der Waals surface area contributed by atoms with Gasteiger partial charge in [0.05, 0.1) is 18.2 Å². The summed E-state index contributed by atoms with van der Waals surface area (Å²) in [6.07, 6.45) is 3.06. The van der Waals surface area contributed by atoms with Gasteiger partial charge in [0, 0.05) is 6.08 Å². The Hall–Kier alpha value is -2.34. The van der Waals surface area contributed by atoms with Crippen LogP contribution in [0, 0.1) is 11.3 Å². The van der Waals surface area contributed by atoms with Crippen LogP contribution in [0.25, 0.3) is 6.08 Å². The van der Waals surface area contributed by atoms with Crippen LogP contribution >= 0.6 is 0 Å². The Labute approximate surface area is 107 Å². The second kappa shape index (κ2) is 7.08. The standard InChI is InChI=1S/C15H15NO2/c1-3-18-15(17)14(9-10-16)12(2)11-13-7-5-4-6-8-13/h4-9,11H,3H2,1-2H3/b12-11+,14-9-. The van der Waals surface area contributed by atoms with Crippen molar-refractivity contribution >= 4 is 12.0 Å². The third-order valence-electron chi connectivity index (χ3n) is 2.31. The number of nitrogens with zero attached hydrogens (tertiary/aromatic N) is 1. The van der Waals surface area contributed by atoms with Crippen LogP contribution in [0.5, 0.6) is 0 Å². The number of hydrogen-bond acceptors (Lipinski definition) is 3. The summed E-state index contributed by atoms with van der Waals surface area (Å²) in [6.45, 7) is 3.81. The highest BCUT2D eigenvalue weighted by atomic mass is 16.5. The maximum Gasteiger partial charge on any atom is 0.339 e. The molecule has 0 atom stereocenters. The highest BCUT2D eigenvalue weighted by Gasteiger charge is 2.12. The lowest BCUT2D eigenvalue weighted by Crippen LogP contribution is -2.08. The van der Waals surface area contributed by atoms with E-state index in [4.69, 9.17) is 10.00 Å². The van der Waals surface area contributed by atoms with Crippen molar-refractivity contribution < 1.29 is 9.53 Å². The van der Waals surface area contributed by atoms with Crippen molar-refractivity contribution in [3.63, 3.8) is 0 Å². The lowest BCUT2D eigenvalue weighted by atomic mass is 10.0. The normalized spacial score (nSPS) is 11.8. The summed E-state index contributed by atoms with van der Waals surface area (Å²) in [6, 6.07) is 11.5. The average molecular weight is 241 g/mol. The number of hydrogen-bond donors (Lipinski definition) is 0. The fourth-order valence-corrected chi connectivity index (χ4v) is 1.48. The largest absolute Gasteiger partial charge is 0.462 e. The van der Waals surface area contributed by atoms with E-state index in [1.807, 2.05) is 42.5 Å². The first-order chi connectivity index (χ1) is 8.69. The number of benzene rings is 1. The van der Waals surface area contributed by atoms with Gasteiger partial charge in [0.15, 0.2) is 0 Å². The zero-order chi connectivity index (χ0) is 13.4. The zero-order valence-electron chi connectivity index (χ0n) is 10.5. The molecule has 1 aromatic rings. The SMILES string of the molecule is CCOC(=O)C(=C\C#N)/C(C)=C/c1ccccc1. The van der Waals surface area contributed by atoms with Crippen molar-refractivity contribution in [2.75, 3.05) is 6.61 Å². The lowest BCUT2D eigenvalue weighted by Gasteiger charge is -2.06. The summed E-state index contributed by atoms with van der Waals surface area (Å²) in [4.78, 5) is 11.7. The van der Waals surface area contributed by atoms with Crippen LogP contribution in [0.4, 0.5) is 0 Å². The Morgan fingerprint density at radius 3 is 2.61 bits per heavy atom. The van der Waals surface area contributed by atoms with Crippen molar-refractivity contribution in [2.24, 2.45) is 0 Å². The van der Waals surface area contributed by atoms with Crippen molar-refractivity contribution in [3.05, 3.63) is 53.1 Å². The van der Waals surface area contributed by atoms with E-state index < -0.39 is 5.97 Å². The van der Waals surface area contributed by atoms with Crippen molar-refractivity contribution in [1.29, 1.82) is 5.26 Å². The van der Waals surface area contributed by atoms with Crippen LogP contribution < -0.4 is 0 Å². The minimum absolute atomic E-state index is 0.292. The predicted molar refractivity (Wildman–Crippen MR) is 70.4 cm³/mol. The van der Waals surface area contributed by atoms with E-state index in [2.05, 4.69) is 0 Å². The van der Waals surface area contributed by atoms with Gasteiger partial charge in [0.25, 0.3) is 0 Å². The van der Waals surface area contributed by atoms with E-state index in [-0.39, 0.29) is 0 Å². The highest BCUT2D eigenvalue weighted by Crippen LogP contribution is 2.15. The highest BCUT2D eigenvalue weighted by molar-refractivity contribution is 5.95. The summed E-state index contributed by atoms with van der Waals surface area (Å²) in [5, 5.41) is 8.71. The van der Waals surface area contributed by atoms with Crippen molar-refractivity contribution in [2.45, 2.75) is 13.8 Å². The molecule has 0 aliphatic heterocycles. The quantitative estimate of drug-likeness (QED) is 0.352. The van der Waals surface area contributed by atoms with Gasteiger partial charge in [0.2, 0.25) is 0 Å². The van der Waals surface area contributed by atoms with Crippen LogP contribution in [0.2, 0.25) is 0 Å². The lowest BCUT2D eigenvalue weighted by molar-refractivity contribution is -0.138. The van der Waals surface area contributed by atoms with Crippen LogP contribution in [0.15, 0.2) is 47.6 Å². The summed E-state index contributed by atoms with van der Waals surface area (Å²) in [5.74, 6) is -0.469. The van der Waals surface area contributed by atoms with E-state index in [9.17, 15) is 4.79 Å². The predicted octanol–water partition coefficient (Wildman–Crippen LogP) is 3.10. The summed E-state index contributed by atoms with van der Waals surface area (Å²) >= 11 is 0. The smallest absolute Gasteiger partial charge is 0.339 e. The summed E-state index contributed by atoms with van der Waals surface area (Å²) in [5.41, 5.74) is 1.98. The fraction of sp³-hybridized carbons (Fsp3) is 0.200. The number of carbonyl (C=O) groups excluding carboxylic acids is 1. The molecular formula is C15H15NO2. The Balaban J connectivity index is 3.02. The van der Waals surface area contributed by atoms with Crippen LogP contribution in [0.1, 0.15) is 19.4 Å². The van der Waals surface area contributed by atoms with Gasteiger partial charge in [-0.2, -0.15) is 5.26 Å². The van der Waals surface area contributed by atoms with Crippen LogP contribution in [0.3, 0.4) is 0 Å². The molecule has 3 nitrogen and oxygen atoms in total. The maximum absolute atomic E-state index is 11.7. The second-order valence-corrected chi connectivity index (χ2v) is 3.65. The maximum atomic E-state index is 11.7. The number of allylic oxidation sites excluding steroid dienone is 1. The molecular weight excluding hydrogens is 226 g/mol. The Morgan fingerprint density at radius 2 is 2.06 bits per heavy atom. The number of rotatable bonds is 4. The van der Waals surface area contributed by atoms with E-state index >= 15 is 0 Å². The minimum Gasteiger partial charge on any atom is -0.462 e. The number of nitriles is 1. The van der Waals surface area contributed by atoms with Gasteiger partial charge in [-0.25, -0.2) is 4.79 Å². The molecule has 0 fully saturated rings. The number of esters is 1. The van der Waals surface area contributed by atoms with Gasteiger partial charge in [-0.05, 0) is 25.0 Å². The van der Waals surface area contributed by atoms with Crippen molar-refractivity contribution in [1.82, 2.24) is 0 Å². The molecule has 0 aliphatic rings. The first-order valence-electron chi connectivity index (χ1n) is 5.69. The molecule has 0 saturated carbocycles. The molecule has 0 aliphatic carbocycles. The third kappa shape index (κ3) is 3.91. The van der Waals surface area contributed by atoms with E-state index in [1.165, 1.54) is 6.08 Å². The Morgan fingerprint density at radius 1 is 1.39 bits per heavy atom. The molecule has 92 valence electrons. The van der Waals surface area contributed by atoms with Gasteiger partial charge in [-0.1, -0.05) is 36.4 Å². The van der Waals surface area contributed by atoms with Crippen LogP contribution in [-0.2, 0) is 9.53 Å². The monoisotopic (exact) mass is 241 g/mol. The first-order valence-corrected chi connectivity index (χ1v) is 5.69. The minimum atomic E-state index is -0.469. The van der Waals surface area contributed by atoms with E-state index in [0.29, 0.717) is 17.8 Å². The van der Waals surface area contributed by atoms with Crippen molar-refractivity contribution in [3.8, 4) is 6.07 Å². The molecule has 0 aromatic heterocycles. The van der Waals surface area contributed by atoms with Gasteiger partial charge < -0.3 is 4.74 Å². The summed E-state index contributed by atoms with van der Waals surface area (Å²) in [7, 11) is 0. The molecule has 0 amide bonds. The van der Waals surface area contributed by atoms with Gasteiger partial charge in [-0.3, -0.25) is 0 Å². The molecule has 0 N–H and O–H groups in total. The summed E-state index contributed by atoms with van der Waals surface area (Å²) < 4.78 is 4.92. The molecule has 1 aromatic carbocycles. The van der Waals surface area contributed by atoms with Crippen LogP contribution in [-0.4, -0.2) is 12.6 Å². The first kappa shape index (κ1) is 13.7. The average Bonchev–Trinajstić information content (AvgIpc) is 2.37. The third-order valence-corrected chi connectivity index (χ3v) is 2.31. The van der Waals surface area contributed by atoms with E-state index in [0.717, 1.165) is 5.56 Å². The topological polar surface area (TPSA) is 50.1 Å². The van der Waals surface area contributed by atoms with Gasteiger partial charge >= 0.3 is 5.97 Å². The molecule has 1 rings (SSSR count). The van der Waals surface area contributed by atoms with Gasteiger partial charge in [-0.15, -0.1) is 0 Å². The second-order valence-electron chi connectivity index (χ2n) is 3.65. The Bertz CT molecular complexity index is 507. The molecule has 18 heavy (non-hydrogen) atoms. The molecule has 0 unspecified atom stereocenters. The molecule has 0 bridgehead atoms. The number of ether oxygens (including phenoxy) is 1. The molecule has 0 spiro atoms. The molecule has 3 heteroatoms. The van der Waals surface area contributed by atoms with Gasteiger partial charge in [0.1, 0.15) is 0 Å². The molecule has 0 saturated heterocycles. The molecule has 0 radical (unpaired) electrons. The Kier molecular flexibility index (Phi) is 5.40. The van der Waals surface area contributed by atoms with E-state index in [1.54, 1.807) is 13.8 Å². The number of carbonyl (C=O) groups is 1. The fourth-order valence-electron chi connectivity index (χ4n) is 1.48. The molecule has 0 heterocycles. The zero-order valence-corrected chi connectivity index (χ0v) is 10.5.